The van der Waals surface area contributed by atoms with E-state index in [1.807, 2.05) is 6.92 Å². The Balaban J connectivity index is 2.15. The lowest BCUT2D eigenvalue weighted by Gasteiger charge is -2.14. The Hall–Kier alpha value is -0.940. The highest BCUT2D eigenvalue weighted by atomic mass is 32.1. The van der Waals surface area contributed by atoms with E-state index in [0.717, 1.165) is 15.6 Å². The molecule has 1 heterocycles. The second kappa shape index (κ2) is 5.80. The van der Waals surface area contributed by atoms with E-state index in [0.29, 0.717) is 12.5 Å². The Labute approximate surface area is 112 Å². The Morgan fingerprint density at radius 1 is 1.50 bits per heavy atom. The Kier molecular flexibility index (Phi) is 4.35. The predicted octanol–water partition coefficient (Wildman–Crippen LogP) is 2.17. The molecule has 1 aliphatic rings. The molecule has 4 nitrogen and oxygen atoms in total. The topological polar surface area (TPSA) is 53.4 Å². The monoisotopic (exact) mass is 268 g/mol. The summed E-state index contributed by atoms with van der Waals surface area (Å²) < 4.78 is 0. The van der Waals surface area contributed by atoms with Gasteiger partial charge in [-0.25, -0.2) is 4.98 Å². The van der Waals surface area contributed by atoms with Gasteiger partial charge in [-0.15, -0.1) is 11.3 Å². The van der Waals surface area contributed by atoms with Gasteiger partial charge in [-0.2, -0.15) is 0 Å². The average molecular weight is 268 g/mol. The normalized spacial score (nSPS) is 16.2. The molecule has 1 amide bonds. The first-order valence-electron chi connectivity index (χ1n) is 6.47. The smallest absolute Gasteiger partial charge is 0.265 e. The third-order valence-electron chi connectivity index (χ3n) is 3.49. The largest absolute Gasteiger partial charge is 0.395 e. The molecular formula is C13H20N2O2S. The number of hydrogen-bond acceptors (Lipinski definition) is 4. The quantitative estimate of drug-likeness (QED) is 0.910. The van der Waals surface area contributed by atoms with Gasteiger partial charge < -0.3 is 10.0 Å². The van der Waals surface area contributed by atoms with Crippen LogP contribution in [0.2, 0.25) is 0 Å². The molecule has 0 aromatic carbocycles. The third kappa shape index (κ3) is 2.72. The molecule has 0 unspecified atom stereocenters. The minimum Gasteiger partial charge on any atom is -0.395 e. The molecule has 1 aliphatic carbocycles. The minimum absolute atomic E-state index is 0.00439. The van der Waals surface area contributed by atoms with E-state index in [1.165, 1.54) is 37.0 Å². The van der Waals surface area contributed by atoms with Crippen LogP contribution in [0.5, 0.6) is 0 Å². The summed E-state index contributed by atoms with van der Waals surface area (Å²) in [4.78, 5) is 19.0. The molecule has 18 heavy (non-hydrogen) atoms. The number of hydrogen-bond donors (Lipinski definition) is 1. The van der Waals surface area contributed by atoms with Crippen molar-refractivity contribution in [3.63, 3.8) is 0 Å². The molecule has 100 valence electrons. The lowest BCUT2D eigenvalue weighted by Crippen LogP contribution is -2.29. The van der Waals surface area contributed by atoms with Crippen molar-refractivity contribution in [2.45, 2.75) is 38.5 Å². The van der Waals surface area contributed by atoms with Crippen LogP contribution < -0.4 is 0 Å². The van der Waals surface area contributed by atoms with Gasteiger partial charge in [-0.05, 0) is 19.8 Å². The number of rotatable bonds is 4. The zero-order valence-electron chi connectivity index (χ0n) is 11.0. The molecule has 0 spiro atoms. The van der Waals surface area contributed by atoms with E-state index in [-0.39, 0.29) is 12.5 Å². The number of aryl methyl sites for hydroxylation is 1. The van der Waals surface area contributed by atoms with Crippen molar-refractivity contribution in [1.82, 2.24) is 9.88 Å². The van der Waals surface area contributed by atoms with Gasteiger partial charge in [0.05, 0.1) is 17.3 Å². The van der Waals surface area contributed by atoms with Crippen molar-refractivity contribution >= 4 is 17.2 Å². The van der Waals surface area contributed by atoms with Gasteiger partial charge in [0, 0.05) is 19.5 Å². The molecule has 0 atom stereocenters. The van der Waals surface area contributed by atoms with Crippen LogP contribution in [-0.2, 0) is 0 Å². The number of carbonyl (C=O) groups excluding carboxylic acids is 1. The van der Waals surface area contributed by atoms with E-state index in [1.54, 1.807) is 11.9 Å². The zero-order valence-corrected chi connectivity index (χ0v) is 11.8. The van der Waals surface area contributed by atoms with Crippen molar-refractivity contribution in [1.29, 1.82) is 0 Å². The summed E-state index contributed by atoms with van der Waals surface area (Å²) in [7, 11) is 1.72. The van der Waals surface area contributed by atoms with E-state index in [4.69, 9.17) is 5.11 Å². The van der Waals surface area contributed by atoms with Crippen molar-refractivity contribution in [2.75, 3.05) is 20.2 Å². The third-order valence-corrected chi connectivity index (χ3v) is 4.80. The van der Waals surface area contributed by atoms with Crippen LogP contribution >= 0.6 is 11.3 Å². The van der Waals surface area contributed by atoms with Crippen LogP contribution in [0.25, 0.3) is 0 Å². The molecule has 1 fully saturated rings. The van der Waals surface area contributed by atoms with Crippen LogP contribution in [0.4, 0.5) is 0 Å². The summed E-state index contributed by atoms with van der Waals surface area (Å²) in [5, 5.41) is 9.99. The van der Waals surface area contributed by atoms with Gasteiger partial charge in [0.2, 0.25) is 0 Å². The SMILES string of the molecule is Cc1nc(C2CCCC2)sc1C(=O)N(C)CCO. The predicted molar refractivity (Wildman–Crippen MR) is 72.1 cm³/mol. The highest BCUT2D eigenvalue weighted by molar-refractivity contribution is 7.13. The van der Waals surface area contributed by atoms with Gasteiger partial charge in [0.25, 0.3) is 5.91 Å². The number of aliphatic hydroxyl groups excluding tert-OH is 1. The number of thiazole rings is 1. The molecule has 2 rings (SSSR count). The van der Waals surface area contributed by atoms with Crippen LogP contribution in [0.3, 0.4) is 0 Å². The first-order valence-corrected chi connectivity index (χ1v) is 7.28. The fourth-order valence-electron chi connectivity index (χ4n) is 2.39. The highest BCUT2D eigenvalue weighted by Crippen LogP contribution is 2.37. The number of carbonyl (C=O) groups is 1. The van der Waals surface area contributed by atoms with Crippen LogP contribution in [0.1, 0.15) is 52.0 Å². The molecule has 1 aromatic heterocycles. The fourth-order valence-corrected chi connectivity index (χ4v) is 3.62. The van der Waals surface area contributed by atoms with Gasteiger partial charge >= 0.3 is 0 Å². The first kappa shape index (κ1) is 13.5. The van der Waals surface area contributed by atoms with E-state index in [9.17, 15) is 4.79 Å². The van der Waals surface area contributed by atoms with Gasteiger partial charge in [-0.3, -0.25) is 4.79 Å². The Morgan fingerprint density at radius 3 is 2.78 bits per heavy atom. The maximum absolute atomic E-state index is 12.2. The van der Waals surface area contributed by atoms with Crippen LogP contribution in [0, 0.1) is 6.92 Å². The lowest BCUT2D eigenvalue weighted by atomic mass is 10.1. The molecular weight excluding hydrogens is 248 g/mol. The molecule has 1 saturated carbocycles. The van der Waals surface area contributed by atoms with Crippen molar-refractivity contribution in [3.05, 3.63) is 15.6 Å². The molecule has 0 radical (unpaired) electrons. The summed E-state index contributed by atoms with van der Waals surface area (Å²) in [5.41, 5.74) is 0.830. The summed E-state index contributed by atoms with van der Waals surface area (Å²) in [6, 6.07) is 0. The van der Waals surface area contributed by atoms with E-state index >= 15 is 0 Å². The molecule has 0 aliphatic heterocycles. The lowest BCUT2D eigenvalue weighted by molar-refractivity contribution is 0.0771. The molecule has 5 heteroatoms. The standard InChI is InChI=1S/C13H20N2O2S/c1-9-11(13(17)15(2)7-8-16)18-12(14-9)10-5-3-4-6-10/h10,16H,3-8H2,1-2H3. The van der Waals surface area contributed by atoms with Gasteiger partial charge in [0.1, 0.15) is 4.88 Å². The Morgan fingerprint density at radius 2 is 2.17 bits per heavy atom. The summed E-state index contributed by atoms with van der Waals surface area (Å²) >= 11 is 1.54. The number of aromatic nitrogens is 1. The van der Waals surface area contributed by atoms with Crippen LogP contribution in [-0.4, -0.2) is 41.1 Å². The highest BCUT2D eigenvalue weighted by Gasteiger charge is 2.24. The molecule has 0 bridgehead atoms. The zero-order chi connectivity index (χ0) is 13.1. The first-order chi connectivity index (χ1) is 8.63. The summed E-state index contributed by atoms with van der Waals surface area (Å²) in [6.45, 7) is 2.26. The Bertz CT molecular complexity index is 425. The minimum atomic E-state index is -0.0247. The maximum atomic E-state index is 12.2. The van der Waals surface area contributed by atoms with Crippen molar-refractivity contribution in [3.8, 4) is 0 Å². The fraction of sp³-hybridized carbons (Fsp3) is 0.692. The average Bonchev–Trinajstić information content (AvgIpc) is 2.97. The molecule has 1 aromatic rings. The molecule has 0 saturated heterocycles. The van der Waals surface area contributed by atoms with Gasteiger partial charge in [0.15, 0.2) is 0 Å². The summed E-state index contributed by atoms with van der Waals surface area (Å²) in [6.07, 6.45) is 4.95. The van der Waals surface area contributed by atoms with Crippen molar-refractivity contribution in [2.24, 2.45) is 0 Å². The maximum Gasteiger partial charge on any atom is 0.265 e. The van der Waals surface area contributed by atoms with Gasteiger partial charge in [-0.1, -0.05) is 12.8 Å². The second-order valence-corrected chi connectivity index (χ2v) is 5.93. The summed E-state index contributed by atoms with van der Waals surface area (Å²) in [5.74, 6) is 0.529. The number of aliphatic hydroxyl groups is 1. The second-order valence-electron chi connectivity index (χ2n) is 4.90. The van der Waals surface area contributed by atoms with E-state index in [2.05, 4.69) is 4.98 Å². The number of likely N-dealkylation sites (N-methyl/N-ethyl adjacent to an activating group) is 1. The number of amides is 1. The van der Waals surface area contributed by atoms with Crippen LogP contribution in [0.15, 0.2) is 0 Å². The molecule has 1 N–H and O–H groups in total. The van der Waals surface area contributed by atoms with E-state index < -0.39 is 0 Å². The number of nitrogens with zero attached hydrogens (tertiary/aromatic N) is 2. The van der Waals surface area contributed by atoms with Crippen molar-refractivity contribution < 1.29 is 9.90 Å².